The molecule has 0 saturated carbocycles. The molecule has 1 fully saturated rings. The first-order valence-electron chi connectivity index (χ1n) is 6.03. The van der Waals surface area contributed by atoms with E-state index in [2.05, 4.69) is 21.2 Å². The number of rotatable bonds is 2. The van der Waals surface area contributed by atoms with E-state index in [4.69, 9.17) is 0 Å². The Kier molecular flexibility index (Phi) is 4.35. The number of likely N-dealkylation sites (tertiary alicyclic amines) is 1. The maximum atomic E-state index is 13.4. The fourth-order valence-corrected chi connectivity index (χ4v) is 2.46. The molecule has 1 N–H and O–H groups in total. The molecule has 1 aromatic carbocycles. The van der Waals surface area contributed by atoms with Gasteiger partial charge < -0.3 is 10.2 Å². The van der Waals surface area contributed by atoms with E-state index in [-0.39, 0.29) is 5.91 Å². The van der Waals surface area contributed by atoms with Crippen molar-refractivity contribution in [2.75, 3.05) is 20.1 Å². The van der Waals surface area contributed by atoms with E-state index < -0.39 is 5.82 Å². The molecule has 2 rings (SSSR count). The minimum atomic E-state index is -0.400. The minimum absolute atomic E-state index is 0.0960. The van der Waals surface area contributed by atoms with E-state index in [0.29, 0.717) is 22.6 Å². The lowest BCUT2D eigenvalue weighted by Gasteiger charge is -2.32. The number of piperidine rings is 1. The summed E-state index contributed by atoms with van der Waals surface area (Å²) in [7, 11) is 1.90. The van der Waals surface area contributed by atoms with Crippen molar-refractivity contribution in [3.05, 3.63) is 34.1 Å². The predicted octanol–water partition coefficient (Wildman–Crippen LogP) is 2.41. The molecule has 1 unspecified atom stereocenters. The van der Waals surface area contributed by atoms with Gasteiger partial charge in [0.25, 0.3) is 5.91 Å². The summed E-state index contributed by atoms with van der Waals surface area (Å²) in [5.41, 5.74) is 0.410. The second-order valence-electron chi connectivity index (χ2n) is 4.51. The van der Waals surface area contributed by atoms with Gasteiger partial charge in [-0.1, -0.05) is 0 Å². The van der Waals surface area contributed by atoms with Crippen LogP contribution in [-0.2, 0) is 0 Å². The molecule has 1 amide bonds. The smallest absolute Gasteiger partial charge is 0.254 e. The van der Waals surface area contributed by atoms with Gasteiger partial charge in [-0.15, -0.1) is 0 Å². The van der Waals surface area contributed by atoms with Gasteiger partial charge in [0.1, 0.15) is 5.82 Å². The molecule has 1 aliphatic rings. The molecule has 5 heteroatoms. The zero-order valence-corrected chi connectivity index (χ0v) is 11.8. The minimum Gasteiger partial charge on any atom is -0.337 e. The molecule has 3 nitrogen and oxygen atoms in total. The lowest BCUT2D eigenvalue weighted by molar-refractivity contribution is 0.0697. The van der Waals surface area contributed by atoms with Crippen LogP contribution >= 0.6 is 15.9 Å². The standard InChI is InChI=1S/C13H16BrFN2O/c1-16-10-3-2-6-17(8-10)13(18)9-4-5-11(14)12(15)7-9/h4-5,7,10,16H,2-3,6,8H2,1H3. The van der Waals surface area contributed by atoms with Gasteiger partial charge in [-0.2, -0.15) is 0 Å². The number of amides is 1. The van der Waals surface area contributed by atoms with Crippen LogP contribution in [-0.4, -0.2) is 37.0 Å². The first-order chi connectivity index (χ1) is 8.61. The Balaban J connectivity index is 2.12. The van der Waals surface area contributed by atoms with Crippen LogP contribution in [0.15, 0.2) is 22.7 Å². The van der Waals surface area contributed by atoms with Crippen LogP contribution in [0.3, 0.4) is 0 Å². The molecule has 0 bridgehead atoms. The van der Waals surface area contributed by atoms with Crippen LogP contribution in [0, 0.1) is 5.82 Å². The molecule has 1 atom stereocenters. The first kappa shape index (κ1) is 13.5. The number of hydrogen-bond acceptors (Lipinski definition) is 2. The molecule has 18 heavy (non-hydrogen) atoms. The number of nitrogens with zero attached hydrogens (tertiary/aromatic N) is 1. The summed E-state index contributed by atoms with van der Waals surface area (Å²) >= 11 is 3.09. The highest BCUT2D eigenvalue weighted by atomic mass is 79.9. The normalized spacial score (nSPS) is 19.9. The summed E-state index contributed by atoms with van der Waals surface area (Å²) in [5.74, 6) is -0.496. The Morgan fingerprint density at radius 3 is 3.00 bits per heavy atom. The summed E-state index contributed by atoms with van der Waals surface area (Å²) < 4.78 is 13.8. The van der Waals surface area contributed by atoms with E-state index in [0.717, 1.165) is 19.4 Å². The molecule has 0 aliphatic carbocycles. The summed E-state index contributed by atoms with van der Waals surface area (Å²) in [6.07, 6.45) is 2.06. The van der Waals surface area contributed by atoms with E-state index in [9.17, 15) is 9.18 Å². The number of carbonyl (C=O) groups excluding carboxylic acids is 1. The van der Waals surface area contributed by atoms with Crippen LogP contribution in [0.25, 0.3) is 0 Å². The Bertz CT molecular complexity index is 453. The summed E-state index contributed by atoms with van der Waals surface area (Å²) in [6, 6.07) is 4.85. The van der Waals surface area contributed by atoms with Crippen molar-refractivity contribution < 1.29 is 9.18 Å². The van der Waals surface area contributed by atoms with Gasteiger partial charge in [-0.25, -0.2) is 4.39 Å². The number of halogens is 2. The quantitative estimate of drug-likeness (QED) is 0.909. The van der Waals surface area contributed by atoms with E-state index in [1.54, 1.807) is 17.0 Å². The summed E-state index contributed by atoms with van der Waals surface area (Å²) in [5, 5.41) is 3.19. The number of nitrogens with one attached hydrogen (secondary N) is 1. The zero-order chi connectivity index (χ0) is 13.1. The first-order valence-corrected chi connectivity index (χ1v) is 6.82. The Morgan fingerprint density at radius 2 is 2.33 bits per heavy atom. The lowest BCUT2D eigenvalue weighted by Crippen LogP contribution is -2.46. The lowest BCUT2D eigenvalue weighted by atomic mass is 10.0. The van der Waals surface area contributed by atoms with Crippen LogP contribution in [0.1, 0.15) is 23.2 Å². The fraction of sp³-hybridized carbons (Fsp3) is 0.462. The van der Waals surface area contributed by atoms with Crippen molar-refractivity contribution in [3.63, 3.8) is 0 Å². The Labute approximate surface area is 114 Å². The molecule has 0 aromatic heterocycles. The van der Waals surface area contributed by atoms with Crippen molar-refractivity contribution in [1.29, 1.82) is 0 Å². The maximum Gasteiger partial charge on any atom is 0.254 e. The third kappa shape index (κ3) is 2.90. The molecular formula is C13H16BrFN2O. The van der Waals surface area contributed by atoms with Crippen LogP contribution < -0.4 is 5.32 Å². The Morgan fingerprint density at radius 1 is 1.56 bits per heavy atom. The summed E-state index contributed by atoms with van der Waals surface area (Å²) in [4.78, 5) is 14.0. The van der Waals surface area contributed by atoms with Gasteiger partial charge in [-0.3, -0.25) is 4.79 Å². The highest BCUT2D eigenvalue weighted by Gasteiger charge is 2.23. The fourth-order valence-electron chi connectivity index (χ4n) is 2.21. The van der Waals surface area contributed by atoms with Gasteiger partial charge in [0.2, 0.25) is 0 Å². The van der Waals surface area contributed by atoms with Crippen molar-refractivity contribution in [2.45, 2.75) is 18.9 Å². The average molecular weight is 315 g/mol. The molecule has 0 spiro atoms. The average Bonchev–Trinajstić information content (AvgIpc) is 2.41. The molecule has 1 saturated heterocycles. The zero-order valence-electron chi connectivity index (χ0n) is 10.2. The SMILES string of the molecule is CNC1CCCN(C(=O)c2ccc(Br)c(F)c2)C1. The highest BCUT2D eigenvalue weighted by molar-refractivity contribution is 9.10. The number of likely N-dealkylation sites (N-methyl/N-ethyl adjacent to an activating group) is 1. The molecule has 0 radical (unpaired) electrons. The van der Waals surface area contributed by atoms with Crippen LogP contribution in [0.4, 0.5) is 4.39 Å². The second-order valence-corrected chi connectivity index (χ2v) is 5.36. The maximum absolute atomic E-state index is 13.4. The van der Waals surface area contributed by atoms with Crippen LogP contribution in [0.5, 0.6) is 0 Å². The van der Waals surface area contributed by atoms with Gasteiger partial charge in [-0.05, 0) is 54.0 Å². The molecule has 1 aliphatic heterocycles. The van der Waals surface area contributed by atoms with E-state index in [1.807, 2.05) is 7.05 Å². The monoisotopic (exact) mass is 314 g/mol. The van der Waals surface area contributed by atoms with Crippen molar-refractivity contribution >= 4 is 21.8 Å². The van der Waals surface area contributed by atoms with E-state index in [1.165, 1.54) is 6.07 Å². The van der Waals surface area contributed by atoms with Crippen molar-refractivity contribution in [2.24, 2.45) is 0 Å². The second kappa shape index (κ2) is 5.80. The van der Waals surface area contributed by atoms with Crippen molar-refractivity contribution in [1.82, 2.24) is 10.2 Å². The molecule has 1 heterocycles. The van der Waals surface area contributed by atoms with E-state index >= 15 is 0 Å². The summed E-state index contributed by atoms with van der Waals surface area (Å²) in [6.45, 7) is 1.43. The highest BCUT2D eigenvalue weighted by Crippen LogP contribution is 2.19. The number of hydrogen-bond donors (Lipinski definition) is 1. The topological polar surface area (TPSA) is 32.3 Å². The predicted molar refractivity (Wildman–Crippen MR) is 72.1 cm³/mol. The third-order valence-corrected chi connectivity index (χ3v) is 3.93. The molecule has 98 valence electrons. The van der Waals surface area contributed by atoms with Crippen LogP contribution in [0.2, 0.25) is 0 Å². The van der Waals surface area contributed by atoms with Gasteiger partial charge in [0.15, 0.2) is 0 Å². The number of carbonyl (C=O) groups is 1. The van der Waals surface area contributed by atoms with Crippen molar-refractivity contribution in [3.8, 4) is 0 Å². The molecule has 1 aromatic rings. The number of benzene rings is 1. The largest absolute Gasteiger partial charge is 0.337 e. The third-order valence-electron chi connectivity index (χ3n) is 3.28. The molecular weight excluding hydrogens is 299 g/mol. The van der Waals surface area contributed by atoms with Gasteiger partial charge in [0.05, 0.1) is 4.47 Å². The Hall–Kier alpha value is -0.940. The van der Waals surface area contributed by atoms with Gasteiger partial charge in [0, 0.05) is 24.7 Å². The van der Waals surface area contributed by atoms with Gasteiger partial charge >= 0.3 is 0 Å².